The van der Waals surface area contributed by atoms with E-state index < -0.39 is 0 Å². The van der Waals surface area contributed by atoms with E-state index in [1.807, 2.05) is 24.0 Å². The molecule has 114 valence electrons. The first-order valence-corrected chi connectivity index (χ1v) is 8.04. The fraction of sp³-hybridized carbons (Fsp3) is 0.588. The maximum atomic E-state index is 12.6. The summed E-state index contributed by atoms with van der Waals surface area (Å²) in [7, 11) is 0. The second-order valence-electron chi connectivity index (χ2n) is 6.42. The molecule has 1 amide bonds. The number of nitrogen functional groups attached to an aromatic ring is 1. The molecule has 1 aromatic carbocycles. The Hall–Kier alpha value is -1.55. The van der Waals surface area contributed by atoms with Gasteiger partial charge in [0, 0.05) is 30.4 Å². The third kappa shape index (κ3) is 3.21. The van der Waals surface area contributed by atoms with Gasteiger partial charge >= 0.3 is 0 Å². The Morgan fingerprint density at radius 3 is 2.62 bits per heavy atom. The van der Waals surface area contributed by atoms with Gasteiger partial charge in [-0.05, 0) is 63.0 Å². The molecule has 0 saturated carbocycles. The van der Waals surface area contributed by atoms with Crippen LogP contribution in [-0.2, 0) is 0 Å². The van der Waals surface area contributed by atoms with Crippen LogP contribution in [0.3, 0.4) is 0 Å². The van der Waals surface area contributed by atoms with Crippen LogP contribution in [0.1, 0.15) is 41.6 Å². The van der Waals surface area contributed by atoms with E-state index in [0.717, 1.165) is 30.6 Å². The number of carbonyl (C=O) groups is 1. The summed E-state index contributed by atoms with van der Waals surface area (Å²) in [6.07, 6.45) is 5.07. The Morgan fingerprint density at radius 1 is 1.14 bits per heavy atom. The first kappa shape index (κ1) is 14.4. The smallest absolute Gasteiger partial charge is 0.253 e. The predicted octanol–water partition coefficient (Wildman–Crippen LogP) is 2.28. The van der Waals surface area contributed by atoms with E-state index in [9.17, 15) is 4.79 Å². The van der Waals surface area contributed by atoms with Crippen LogP contribution < -0.4 is 5.73 Å². The molecule has 0 bridgehead atoms. The lowest BCUT2D eigenvalue weighted by molar-refractivity contribution is 0.0771. The van der Waals surface area contributed by atoms with Crippen LogP contribution in [0, 0.1) is 6.92 Å². The Balaban J connectivity index is 1.66. The highest BCUT2D eigenvalue weighted by Crippen LogP contribution is 2.22. The molecule has 2 aliphatic heterocycles. The molecule has 0 spiro atoms. The minimum absolute atomic E-state index is 0.130. The monoisotopic (exact) mass is 287 g/mol. The SMILES string of the molecule is Cc1cc(N)cc(C(=O)N2CCC(N3CCCCC3)C2)c1. The molecule has 2 heterocycles. The fourth-order valence-corrected chi connectivity index (χ4v) is 3.63. The number of likely N-dealkylation sites (tertiary alicyclic amines) is 2. The third-order valence-electron chi connectivity index (χ3n) is 4.70. The topological polar surface area (TPSA) is 49.6 Å². The maximum absolute atomic E-state index is 12.6. The van der Waals surface area contributed by atoms with Crippen molar-refractivity contribution in [2.45, 2.75) is 38.6 Å². The van der Waals surface area contributed by atoms with Crippen molar-refractivity contribution < 1.29 is 4.79 Å². The highest BCUT2D eigenvalue weighted by molar-refractivity contribution is 5.95. The zero-order chi connectivity index (χ0) is 14.8. The third-order valence-corrected chi connectivity index (χ3v) is 4.70. The molecule has 4 nitrogen and oxygen atoms in total. The number of piperidine rings is 1. The molecule has 1 unspecified atom stereocenters. The molecule has 2 saturated heterocycles. The van der Waals surface area contributed by atoms with Gasteiger partial charge in [-0.15, -0.1) is 0 Å². The fourth-order valence-electron chi connectivity index (χ4n) is 3.63. The molecule has 2 fully saturated rings. The second kappa shape index (κ2) is 6.06. The number of benzene rings is 1. The van der Waals surface area contributed by atoms with Gasteiger partial charge in [0.05, 0.1) is 0 Å². The highest BCUT2D eigenvalue weighted by Gasteiger charge is 2.31. The van der Waals surface area contributed by atoms with Crippen molar-refractivity contribution in [2.24, 2.45) is 0 Å². The first-order chi connectivity index (χ1) is 10.1. The van der Waals surface area contributed by atoms with Gasteiger partial charge in [-0.3, -0.25) is 9.69 Å². The van der Waals surface area contributed by atoms with E-state index >= 15 is 0 Å². The molecule has 2 aliphatic rings. The largest absolute Gasteiger partial charge is 0.399 e. The first-order valence-electron chi connectivity index (χ1n) is 8.04. The van der Waals surface area contributed by atoms with Crippen molar-refractivity contribution in [3.63, 3.8) is 0 Å². The molecular weight excluding hydrogens is 262 g/mol. The summed E-state index contributed by atoms with van der Waals surface area (Å²) in [6, 6.07) is 6.18. The van der Waals surface area contributed by atoms with Crippen LogP contribution in [0.5, 0.6) is 0 Å². The van der Waals surface area contributed by atoms with Gasteiger partial charge in [0.25, 0.3) is 5.91 Å². The number of anilines is 1. The van der Waals surface area contributed by atoms with Gasteiger partial charge < -0.3 is 10.6 Å². The van der Waals surface area contributed by atoms with Crippen LogP contribution in [0.15, 0.2) is 18.2 Å². The summed E-state index contributed by atoms with van der Waals surface area (Å²) >= 11 is 0. The van der Waals surface area contributed by atoms with Crippen LogP contribution in [0.25, 0.3) is 0 Å². The Bertz CT molecular complexity index is 503. The van der Waals surface area contributed by atoms with Crippen molar-refractivity contribution in [3.8, 4) is 0 Å². The molecule has 2 N–H and O–H groups in total. The summed E-state index contributed by atoms with van der Waals surface area (Å²) in [6.45, 7) is 6.11. The average Bonchev–Trinajstić information content (AvgIpc) is 2.96. The number of rotatable bonds is 2. The summed E-state index contributed by atoms with van der Waals surface area (Å²) < 4.78 is 0. The van der Waals surface area contributed by atoms with E-state index in [1.165, 1.54) is 32.4 Å². The van der Waals surface area contributed by atoms with Crippen LogP contribution in [-0.4, -0.2) is 47.9 Å². The number of aryl methyl sites for hydroxylation is 1. The zero-order valence-corrected chi connectivity index (χ0v) is 12.8. The van der Waals surface area contributed by atoms with Crippen LogP contribution >= 0.6 is 0 Å². The number of carbonyl (C=O) groups excluding carboxylic acids is 1. The second-order valence-corrected chi connectivity index (χ2v) is 6.42. The number of nitrogens with two attached hydrogens (primary N) is 1. The number of hydrogen-bond donors (Lipinski definition) is 1. The minimum atomic E-state index is 0.130. The number of hydrogen-bond acceptors (Lipinski definition) is 3. The molecule has 1 aromatic rings. The maximum Gasteiger partial charge on any atom is 0.253 e. The van der Waals surface area contributed by atoms with Crippen LogP contribution in [0.4, 0.5) is 5.69 Å². The van der Waals surface area contributed by atoms with Gasteiger partial charge in [-0.2, -0.15) is 0 Å². The molecule has 21 heavy (non-hydrogen) atoms. The van der Waals surface area contributed by atoms with Crippen molar-refractivity contribution in [1.29, 1.82) is 0 Å². The van der Waals surface area contributed by atoms with E-state index in [-0.39, 0.29) is 5.91 Å². The van der Waals surface area contributed by atoms with Crippen molar-refractivity contribution >= 4 is 11.6 Å². The average molecular weight is 287 g/mol. The quantitative estimate of drug-likeness (QED) is 0.849. The lowest BCUT2D eigenvalue weighted by atomic mass is 10.1. The predicted molar refractivity (Wildman–Crippen MR) is 85.3 cm³/mol. The van der Waals surface area contributed by atoms with Gasteiger partial charge in [0.15, 0.2) is 0 Å². The van der Waals surface area contributed by atoms with E-state index in [0.29, 0.717) is 11.7 Å². The lowest BCUT2D eigenvalue weighted by Crippen LogP contribution is -2.41. The molecule has 0 aromatic heterocycles. The highest BCUT2D eigenvalue weighted by atomic mass is 16.2. The summed E-state index contributed by atoms with van der Waals surface area (Å²) in [5.41, 5.74) is 8.31. The van der Waals surface area contributed by atoms with Crippen molar-refractivity contribution in [1.82, 2.24) is 9.80 Å². The van der Waals surface area contributed by atoms with Gasteiger partial charge in [-0.25, -0.2) is 0 Å². The molecule has 4 heteroatoms. The normalized spacial score (nSPS) is 23.5. The van der Waals surface area contributed by atoms with Gasteiger partial charge in [-0.1, -0.05) is 6.42 Å². The van der Waals surface area contributed by atoms with E-state index in [1.54, 1.807) is 6.07 Å². The van der Waals surface area contributed by atoms with Gasteiger partial charge in [0.1, 0.15) is 0 Å². The Kier molecular flexibility index (Phi) is 4.15. The van der Waals surface area contributed by atoms with E-state index in [4.69, 9.17) is 5.73 Å². The molecule has 1 atom stereocenters. The molecule has 0 aliphatic carbocycles. The molecule has 0 radical (unpaired) electrons. The van der Waals surface area contributed by atoms with E-state index in [2.05, 4.69) is 4.90 Å². The number of nitrogens with zero attached hydrogens (tertiary/aromatic N) is 2. The Morgan fingerprint density at radius 2 is 1.90 bits per heavy atom. The summed E-state index contributed by atoms with van der Waals surface area (Å²) in [5.74, 6) is 0.130. The van der Waals surface area contributed by atoms with Gasteiger partial charge in [0.2, 0.25) is 0 Å². The number of amides is 1. The van der Waals surface area contributed by atoms with Crippen molar-refractivity contribution in [3.05, 3.63) is 29.3 Å². The summed E-state index contributed by atoms with van der Waals surface area (Å²) in [5, 5.41) is 0. The molecule has 3 rings (SSSR count). The molecular formula is C17H25N3O. The summed E-state index contributed by atoms with van der Waals surface area (Å²) in [4.78, 5) is 17.2. The Labute approximate surface area is 126 Å². The zero-order valence-electron chi connectivity index (χ0n) is 12.8. The van der Waals surface area contributed by atoms with Crippen LogP contribution in [0.2, 0.25) is 0 Å². The minimum Gasteiger partial charge on any atom is -0.399 e. The van der Waals surface area contributed by atoms with Crippen molar-refractivity contribution in [2.75, 3.05) is 31.9 Å². The standard InChI is InChI=1S/C17H25N3O/c1-13-9-14(11-15(18)10-13)17(21)20-8-5-16(12-20)19-6-3-2-4-7-19/h9-11,16H,2-8,12,18H2,1H3. The lowest BCUT2D eigenvalue weighted by Gasteiger charge is -2.32.